The Balaban J connectivity index is 1.53. The van der Waals surface area contributed by atoms with Crippen molar-refractivity contribution in [2.75, 3.05) is 6.61 Å². The molecule has 5 saturated carbocycles. The minimum absolute atomic E-state index is 0.494. The number of hydrogen-bond acceptors (Lipinski definition) is 1. The van der Waals surface area contributed by atoms with Gasteiger partial charge >= 0.3 is 0 Å². The zero-order valence-corrected chi connectivity index (χ0v) is 10.6. The van der Waals surface area contributed by atoms with E-state index in [1.165, 1.54) is 12.8 Å². The van der Waals surface area contributed by atoms with Gasteiger partial charge in [0.05, 0.1) is 0 Å². The smallest absolute Gasteiger partial charge is 0.0464 e. The Bertz CT molecular complexity index is 351. The molecule has 1 nitrogen and oxygen atoms in total. The summed E-state index contributed by atoms with van der Waals surface area (Å²) in [6.07, 6.45) is 9.16. The number of aliphatic hydroxyl groups excluding tert-OH is 1. The Kier molecular flexibility index (Phi) is 1.79. The summed E-state index contributed by atoms with van der Waals surface area (Å²) in [6, 6.07) is 0. The van der Waals surface area contributed by atoms with Gasteiger partial charge in [-0.2, -0.15) is 0 Å². The highest BCUT2D eigenvalue weighted by Gasteiger charge is 2.65. The lowest BCUT2D eigenvalue weighted by Gasteiger charge is -2.33. The quantitative estimate of drug-likeness (QED) is 0.737. The van der Waals surface area contributed by atoms with Crippen LogP contribution in [-0.4, -0.2) is 11.7 Å². The monoisotopic (exact) mass is 232 g/mol. The van der Waals surface area contributed by atoms with Gasteiger partial charge < -0.3 is 5.11 Å². The second kappa shape index (κ2) is 3.10. The molecular formula is C16H24O. The first-order valence-corrected chi connectivity index (χ1v) is 7.99. The van der Waals surface area contributed by atoms with Crippen LogP contribution >= 0.6 is 0 Å². The minimum atomic E-state index is 0.494. The first-order valence-electron chi connectivity index (χ1n) is 7.99. The van der Waals surface area contributed by atoms with E-state index >= 15 is 0 Å². The molecule has 17 heavy (non-hydrogen) atoms. The molecule has 1 N–H and O–H groups in total. The molecule has 5 aliphatic carbocycles. The summed E-state index contributed by atoms with van der Waals surface area (Å²) in [6.45, 7) is 0.494. The van der Waals surface area contributed by atoms with Gasteiger partial charge in [-0.05, 0) is 91.8 Å². The topological polar surface area (TPSA) is 20.2 Å². The van der Waals surface area contributed by atoms with Crippen LogP contribution in [0.25, 0.3) is 0 Å². The molecule has 94 valence electrons. The van der Waals surface area contributed by atoms with E-state index in [9.17, 15) is 5.11 Å². The molecule has 0 aromatic heterocycles. The molecule has 1 heteroatoms. The van der Waals surface area contributed by atoms with Crippen LogP contribution in [0, 0.1) is 53.3 Å². The van der Waals surface area contributed by atoms with Crippen molar-refractivity contribution in [1.82, 2.24) is 0 Å². The Labute approximate surface area is 104 Å². The molecule has 0 heterocycles. The van der Waals surface area contributed by atoms with Gasteiger partial charge in [0.15, 0.2) is 0 Å². The van der Waals surface area contributed by atoms with E-state index in [0.717, 1.165) is 47.3 Å². The fraction of sp³-hybridized carbons (Fsp3) is 1.00. The van der Waals surface area contributed by atoms with Gasteiger partial charge in [-0.25, -0.2) is 0 Å². The predicted molar refractivity (Wildman–Crippen MR) is 66.2 cm³/mol. The Morgan fingerprint density at radius 3 is 2.41 bits per heavy atom. The molecule has 0 radical (unpaired) electrons. The highest BCUT2D eigenvalue weighted by atomic mass is 16.3. The Morgan fingerprint density at radius 2 is 1.53 bits per heavy atom. The van der Waals surface area contributed by atoms with E-state index in [4.69, 9.17) is 0 Å². The van der Waals surface area contributed by atoms with Gasteiger partial charge in [0.25, 0.3) is 0 Å². The Hall–Kier alpha value is -0.0400. The molecule has 4 bridgehead atoms. The molecule has 0 aromatic rings. The van der Waals surface area contributed by atoms with E-state index in [1.54, 1.807) is 25.7 Å². The third-order valence-corrected chi connectivity index (χ3v) is 7.83. The van der Waals surface area contributed by atoms with Crippen molar-refractivity contribution < 1.29 is 5.11 Å². The van der Waals surface area contributed by atoms with Crippen LogP contribution in [0.1, 0.15) is 38.5 Å². The van der Waals surface area contributed by atoms with Crippen LogP contribution in [0.2, 0.25) is 0 Å². The molecule has 0 amide bonds. The molecule has 0 aliphatic heterocycles. The van der Waals surface area contributed by atoms with Crippen molar-refractivity contribution in [3.63, 3.8) is 0 Å². The van der Waals surface area contributed by atoms with Crippen LogP contribution in [0.3, 0.4) is 0 Å². The summed E-state index contributed by atoms with van der Waals surface area (Å²) in [7, 11) is 0. The number of fused-ring (bicyclic) bond motifs is 11. The second-order valence-corrected chi connectivity index (χ2v) is 7.80. The van der Waals surface area contributed by atoms with Crippen molar-refractivity contribution >= 4 is 0 Å². The predicted octanol–water partition coefficient (Wildman–Crippen LogP) is 2.93. The van der Waals surface area contributed by atoms with Crippen LogP contribution < -0.4 is 0 Å². The number of aliphatic hydroxyl groups is 1. The van der Waals surface area contributed by atoms with Gasteiger partial charge in [0, 0.05) is 6.61 Å². The SMILES string of the molecule is OCC1C2CCC1C1C2CC2C3CCC(C3)C21. The molecule has 5 fully saturated rings. The van der Waals surface area contributed by atoms with E-state index < -0.39 is 0 Å². The summed E-state index contributed by atoms with van der Waals surface area (Å²) in [5.41, 5.74) is 0. The summed E-state index contributed by atoms with van der Waals surface area (Å²) >= 11 is 0. The fourth-order valence-corrected chi connectivity index (χ4v) is 7.64. The zero-order valence-electron chi connectivity index (χ0n) is 10.6. The van der Waals surface area contributed by atoms with Gasteiger partial charge in [-0.15, -0.1) is 0 Å². The fourth-order valence-electron chi connectivity index (χ4n) is 7.64. The summed E-state index contributed by atoms with van der Waals surface area (Å²) < 4.78 is 0. The minimum Gasteiger partial charge on any atom is -0.396 e. The standard InChI is InChI=1S/C16H24O/c17-7-14-10-3-4-11(14)16-13(10)6-12-8-1-2-9(5-8)15(12)16/h8-17H,1-7H2. The molecule has 0 saturated heterocycles. The first-order chi connectivity index (χ1) is 8.38. The van der Waals surface area contributed by atoms with Gasteiger partial charge in [-0.1, -0.05) is 0 Å². The highest BCUT2D eigenvalue weighted by molar-refractivity contribution is 5.14. The van der Waals surface area contributed by atoms with E-state index in [0.29, 0.717) is 12.5 Å². The van der Waals surface area contributed by atoms with Crippen LogP contribution in [0.15, 0.2) is 0 Å². The van der Waals surface area contributed by atoms with E-state index in [1.807, 2.05) is 0 Å². The van der Waals surface area contributed by atoms with E-state index in [-0.39, 0.29) is 0 Å². The normalized spacial score (nSPS) is 66.5. The number of rotatable bonds is 1. The lowest BCUT2D eigenvalue weighted by Crippen LogP contribution is -2.28. The van der Waals surface area contributed by atoms with Crippen LogP contribution in [0.4, 0.5) is 0 Å². The van der Waals surface area contributed by atoms with Gasteiger partial charge in [-0.3, -0.25) is 0 Å². The van der Waals surface area contributed by atoms with Gasteiger partial charge in [0.2, 0.25) is 0 Å². The molecular weight excluding hydrogens is 208 g/mol. The molecule has 9 unspecified atom stereocenters. The van der Waals surface area contributed by atoms with Crippen molar-refractivity contribution in [1.29, 1.82) is 0 Å². The van der Waals surface area contributed by atoms with Crippen LogP contribution in [-0.2, 0) is 0 Å². The summed E-state index contributed by atoms with van der Waals surface area (Å²) in [5.74, 6) is 9.17. The largest absolute Gasteiger partial charge is 0.396 e. The van der Waals surface area contributed by atoms with Crippen molar-refractivity contribution in [3.05, 3.63) is 0 Å². The molecule has 9 atom stereocenters. The maximum Gasteiger partial charge on any atom is 0.0464 e. The third-order valence-electron chi connectivity index (χ3n) is 7.83. The van der Waals surface area contributed by atoms with Crippen molar-refractivity contribution in [2.24, 2.45) is 53.3 Å². The third kappa shape index (κ3) is 0.993. The lowest BCUT2D eigenvalue weighted by molar-refractivity contribution is 0.130. The average Bonchev–Trinajstić information content (AvgIpc) is 3.11. The molecule has 0 spiro atoms. The van der Waals surface area contributed by atoms with Gasteiger partial charge in [0.1, 0.15) is 0 Å². The summed E-state index contributed by atoms with van der Waals surface area (Å²) in [4.78, 5) is 0. The molecule has 5 aliphatic rings. The second-order valence-electron chi connectivity index (χ2n) is 7.80. The lowest BCUT2D eigenvalue weighted by atomic mass is 9.72. The Morgan fingerprint density at radius 1 is 0.706 bits per heavy atom. The average molecular weight is 232 g/mol. The highest BCUT2D eigenvalue weighted by Crippen LogP contribution is 2.71. The van der Waals surface area contributed by atoms with Crippen LogP contribution in [0.5, 0.6) is 0 Å². The zero-order chi connectivity index (χ0) is 11.1. The molecule has 5 rings (SSSR count). The maximum atomic E-state index is 9.67. The maximum absolute atomic E-state index is 9.67. The first kappa shape index (κ1) is 9.83. The number of hydrogen-bond donors (Lipinski definition) is 1. The molecule has 0 aromatic carbocycles. The summed E-state index contributed by atoms with van der Waals surface area (Å²) in [5, 5.41) is 9.67. The van der Waals surface area contributed by atoms with Crippen molar-refractivity contribution in [2.45, 2.75) is 38.5 Å². The van der Waals surface area contributed by atoms with Crippen molar-refractivity contribution in [3.8, 4) is 0 Å². The van der Waals surface area contributed by atoms with E-state index in [2.05, 4.69) is 0 Å².